The van der Waals surface area contributed by atoms with E-state index in [9.17, 15) is 0 Å². The molecule has 59 heavy (non-hydrogen) atoms. The summed E-state index contributed by atoms with van der Waals surface area (Å²) >= 11 is 0. The van der Waals surface area contributed by atoms with Crippen LogP contribution in [0.5, 0.6) is 0 Å². The fraction of sp³-hybridized carbons (Fsp3) is 0. The number of pyridine rings is 1. The summed E-state index contributed by atoms with van der Waals surface area (Å²) in [6.45, 7) is 0. The second kappa shape index (κ2) is 14.4. The van der Waals surface area contributed by atoms with Gasteiger partial charge in [-0.2, -0.15) is 0 Å². The van der Waals surface area contributed by atoms with E-state index in [2.05, 4.69) is 205 Å². The van der Waals surface area contributed by atoms with Crippen LogP contribution < -0.4 is 4.90 Å². The SMILES string of the molecule is c1ccc(-n2ccc3c4c5cc(-c6ccc(N(c7ccc(-c8ccncc8)cc7)c7ccc(-c8ncccn8)cc7)cc6)ccc5n(-c5ccccc5)c4ccc32)cc1. The lowest BCUT2D eigenvalue weighted by Gasteiger charge is -2.26. The molecular weight excluding hydrogens is 721 g/mol. The molecule has 11 aromatic rings. The van der Waals surface area contributed by atoms with Gasteiger partial charge < -0.3 is 14.0 Å². The highest BCUT2D eigenvalue weighted by atomic mass is 15.1. The monoisotopic (exact) mass is 756 g/mol. The summed E-state index contributed by atoms with van der Waals surface area (Å²) in [6, 6.07) is 66.9. The normalized spacial score (nSPS) is 11.4. The van der Waals surface area contributed by atoms with Crippen molar-refractivity contribution in [2.24, 2.45) is 0 Å². The topological polar surface area (TPSA) is 51.8 Å². The summed E-state index contributed by atoms with van der Waals surface area (Å²) in [4.78, 5) is 15.4. The number of fused-ring (bicyclic) bond motifs is 5. The summed E-state index contributed by atoms with van der Waals surface area (Å²) in [7, 11) is 0. The average molecular weight is 757 g/mol. The Morgan fingerprint density at radius 1 is 0.373 bits per heavy atom. The van der Waals surface area contributed by atoms with E-state index in [-0.39, 0.29) is 0 Å². The summed E-state index contributed by atoms with van der Waals surface area (Å²) < 4.78 is 4.67. The molecule has 0 atom stereocenters. The molecule has 278 valence electrons. The van der Waals surface area contributed by atoms with Gasteiger partial charge in [-0.15, -0.1) is 0 Å². The zero-order valence-electron chi connectivity index (χ0n) is 32.0. The first-order valence-corrected chi connectivity index (χ1v) is 19.7. The number of hydrogen-bond donors (Lipinski definition) is 0. The molecular formula is C53H36N6. The predicted octanol–water partition coefficient (Wildman–Crippen LogP) is 13.4. The van der Waals surface area contributed by atoms with E-state index in [4.69, 9.17) is 0 Å². The number of aromatic nitrogens is 5. The summed E-state index contributed by atoms with van der Waals surface area (Å²) in [5, 5.41) is 3.70. The number of rotatable bonds is 8. The van der Waals surface area contributed by atoms with Gasteiger partial charge in [-0.25, -0.2) is 9.97 Å². The van der Waals surface area contributed by atoms with Gasteiger partial charge in [-0.05, 0) is 144 Å². The van der Waals surface area contributed by atoms with Crippen molar-refractivity contribution in [3.05, 3.63) is 219 Å². The third-order valence-electron chi connectivity index (χ3n) is 11.2. The van der Waals surface area contributed by atoms with Crippen LogP contribution in [0, 0.1) is 0 Å². The molecule has 0 bridgehead atoms. The van der Waals surface area contributed by atoms with Gasteiger partial charge >= 0.3 is 0 Å². The molecule has 0 unspecified atom stereocenters. The first kappa shape index (κ1) is 34.2. The van der Waals surface area contributed by atoms with Crippen molar-refractivity contribution in [3.8, 4) is 45.0 Å². The number of anilines is 3. The largest absolute Gasteiger partial charge is 0.317 e. The lowest BCUT2D eigenvalue weighted by molar-refractivity contribution is 1.13. The Labute approximate surface area is 341 Å². The Bertz CT molecular complexity index is 3130. The molecule has 0 saturated carbocycles. The predicted molar refractivity (Wildman–Crippen MR) is 242 cm³/mol. The molecule has 0 aliphatic heterocycles. The van der Waals surface area contributed by atoms with Crippen molar-refractivity contribution in [2.45, 2.75) is 0 Å². The van der Waals surface area contributed by atoms with E-state index in [0.717, 1.165) is 56.3 Å². The van der Waals surface area contributed by atoms with Crippen LogP contribution in [0.15, 0.2) is 219 Å². The maximum atomic E-state index is 4.47. The van der Waals surface area contributed by atoms with E-state index in [0.29, 0.717) is 5.82 Å². The van der Waals surface area contributed by atoms with Crippen LogP contribution >= 0.6 is 0 Å². The van der Waals surface area contributed by atoms with Crippen LogP contribution in [0.25, 0.3) is 77.7 Å². The highest BCUT2D eigenvalue weighted by molar-refractivity contribution is 6.21. The molecule has 0 aliphatic carbocycles. The van der Waals surface area contributed by atoms with Crippen LogP contribution in [0.4, 0.5) is 17.1 Å². The molecule has 4 aromatic heterocycles. The molecule has 0 saturated heterocycles. The minimum absolute atomic E-state index is 0.704. The Morgan fingerprint density at radius 2 is 0.898 bits per heavy atom. The van der Waals surface area contributed by atoms with Crippen molar-refractivity contribution in [3.63, 3.8) is 0 Å². The average Bonchev–Trinajstić information content (AvgIpc) is 3.90. The van der Waals surface area contributed by atoms with E-state index >= 15 is 0 Å². The summed E-state index contributed by atoms with van der Waals surface area (Å²) in [6.07, 6.45) is 9.40. The third kappa shape index (κ3) is 6.11. The molecule has 7 aromatic carbocycles. The molecule has 0 fully saturated rings. The molecule has 6 heteroatoms. The van der Waals surface area contributed by atoms with E-state index < -0.39 is 0 Å². The second-order valence-electron chi connectivity index (χ2n) is 14.6. The van der Waals surface area contributed by atoms with Gasteiger partial charge in [0.25, 0.3) is 0 Å². The van der Waals surface area contributed by atoms with Gasteiger partial charge in [-0.1, -0.05) is 66.7 Å². The summed E-state index contributed by atoms with van der Waals surface area (Å²) in [5.41, 5.74) is 14.5. The van der Waals surface area contributed by atoms with Crippen molar-refractivity contribution < 1.29 is 0 Å². The van der Waals surface area contributed by atoms with Crippen LogP contribution in [0.2, 0.25) is 0 Å². The minimum atomic E-state index is 0.704. The highest BCUT2D eigenvalue weighted by Gasteiger charge is 2.19. The molecule has 0 aliphatic rings. The Morgan fingerprint density at radius 3 is 1.54 bits per heavy atom. The van der Waals surface area contributed by atoms with Crippen LogP contribution in [0.1, 0.15) is 0 Å². The molecule has 4 heterocycles. The minimum Gasteiger partial charge on any atom is -0.317 e. The van der Waals surface area contributed by atoms with Crippen LogP contribution in [0.3, 0.4) is 0 Å². The first-order valence-electron chi connectivity index (χ1n) is 19.7. The van der Waals surface area contributed by atoms with E-state index in [1.54, 1.807) is 12.4 Å². The lowest BCUT2D eigenvalue weighted by Crippen LogP contribution is -2.09. The molecule has 0 N–H and O–H groups in total. The number of para-hydroxylation sites is 2. The Balaban J connectivity index is 1.02. The maximum Gasteiger partial charge on any atom is 0.159 e. The number of hydrogen-bond acceptors (Lipinski definition) is 4. The highest BCUT2D eigenvalue weighted by Crippen LogP contribution is 2.41. The number of nitrogens with zero attached hydrogens (tertiary/aromatic N) is 6. The van der Waals surface area contributed by atoms with Gasteiger partial charge in [0.1, 0.15) is 0 Å². The molecule has 0 amide bonds. The van der Waals surface area contributed by atoms with Gasteiger partial charge in [0.05, 0.1) is 16.6 Å². The fourth-order valence-electron chi connectivity index (χ4n) is 8.39. The van der Waals surface area contributed by atoms with Crippen LogP contribution in [-0.4, -0.2) is 24.1 Å². The van der Waals surface area contributed by atoms with Gasteiger partial charge in [0.2, 0.25) is 0 Å². The molecule has 0 spiro atoms. The molecule has 0 radical (unpaired) electrons. The van der Waals surface area contributed by atoms with Crippen molar-refractivity contribution >= 4 is 49.8 Å². The smallest absolute Gasteiger partial charge is 0.159 e. The van der Waals surface area contributed by atoms with Crippen LogP contribution in [-0.2, 0) is 0 Å². The number of benzene rings is 7. The quantitative estimate of drug-likeness (QED) is 0.155. The summed E-state index contributed by atoms with van der Waals surface area (Å²) in [5.74, 6) is 0.704. The van der Waals surface area contributed by atoms with Gasteiger partial charge in [0, 0.05) is 81.1 Å². The molecule has 11 rings (SSSR count). The van der Waals surface area contributed by atoms with Gasteiger partial charge in [0.15, 0.2) is 5.82 Å². The Hall–Kier alpha value is -8.09. The fourth-order valence-corrected chi connectivity index (χ4v) is 8.39. The van der Waals surface area contributed by atoms with E-state index in [1.807, 2.05) is 30.6 Å². The first-order chi connectivity index (χ1) is 29.3. The van der Waals surface area contributed by atoms with Crippen molar-refractivity contribution in [1.82, 2.24) is 24.1 Å². The van der Waals surface area contributed by atoms with E-state index in [1.165, 1.54) is 32.7 Å². The Kier molecular flexibility index (Phi) is 8.37. The van der Waals surface area contributed by atoms with Crippen molar-refractivity contribution in [1.29, 1.82) is 0 Å². The molecule has 6 nitrogen and oxygen atoms in total. The zero-order valence-corrected chi connectivity index (χ0v) is 32.0. The maximum absolute atomic E-state index is 4.47. The zero-order chi connectivity index (χ0) is 39.1. The standard InChI is InChI=1S/C53H36N6/c1-3-8-42(9-4-1)57-35-30-47-49(57)26-27-51-52(47)48-36-41(18-25-50(48)59(51)43-10-5-2-6-11-43)38-14-21-45(22-15-38)58(44-19-12-37(13-20-44)39-28-33-54-34-29-39)46-23-16-40(17-24-46)53-55-31-7-32-56-53/h1-36H. The third-order valence-corrected chi connectivity index (χ3v) is 11.2. The second-order valence-corrected chi connectivity index (χ2v) is 14.6. The van der Waals surface area contributed by atoms with Crippen molar-refractivity contribution in [2.75, 3.05) is 4.90 Å². The van der Waals surface area contributed by atoms with Gasteiger partial charge in [-0.3, -0.25) is 4.98 Å². The lowest BCUT2D eigenvalue weighted by atomic mass is 10.0.